The zero-order valence-corrected chi connectivity index (χ0v) is 13.6. The lowest BCUT2D eigenvalue weighted by molar-refractivity contribution is -0.275. The van der Waals surface area contributed by atoms with E-state index in [0.29, 0.717) is 0 Å². The fraction of sp³-hybridized carbons (Fsp3) is 0.600. The summed E-state index contributed by atoms with van der Waals surface area (Å²) in [6.07, 6.45) is 0.128. The number of para-hydroxylation sites is 1. The number of hydrogen-bond donors (Lipinski definition) is 1. The topological polar surface area (TPSA) is 55.4 Å². The Morgan fingerprint density at radius 3 is 2.39 bits per heavy atom. The number of halogens is 3. The van der Waals surface area contributed by atoms with Gasteiger partial charge in [-0.1, -0.05) is 31.4 Å². The van der Waals surface area contributed by atoms with Crippen LogP contribution in [0.2, 0.25) is 0 Å². The SMILES string of the molecule is CC(NS(=O)(=O)c1ccccc1OC(F)(F)F)C1CCCCC1. The van der Waals surface area contributed by atoms with Crippen molar-refractivity contribution in [3.8, 4) is 5.75 Å². The van der Waals surface area contributed by atoms with Crippen LogP contribution in [-0.2, 0) is 10.0 Å². The van der Waals surface area contributed by atoms with Crippen molar-refractivity contribution in [2.45, 2.75) is 56.3 Å². The second-order valence-corrected chi connectivity index (χ2v) is 7.48. The second-order valence-electron chi connectivity index (χ2n) is 5.80. The van der Waals surface area contributed by atoms with Gasteiger partial charge in [0.2, 0.25) is 10.0 Å². The third kappa shape index (κ3) is 5.10. The molecule has 0 heterocycles. The van der Waals surface area contributed by atoms with E-state index >= 15 is 0 Å². The van der Waals surface area contributed by atoms with Crippen LogP contribution >= 0.6 is 0 Å². The number of rotatable bonds is 5. The van der Waals surface area contributed by atoms with Crippen molar-refractivity contribution in [3.05, 3.63) is 24.3 Å². The lowest BCUT2D eigenvalue weighted by Gasteiger charge is -2.28. The molecule has 1 atom stereocenters. The summed E-state index contributed by atoms with van der Waals surface area (Å²) in [6, 6.07) is 4.43. The fourth-order valence-corrected chi connectivity index (χ4v) is 4.36. The molecule has 1 aromatic carbocycles. The zero-order valence-electron chi connectivity index (χ0n) is 12.8. The molecule has 1 aliphatic carbocycles. The number of hydrogen-bond acceptors (Lipinski definition) is 3. The Labute approximate surface area is 134 Å². The summed E-state index contributed by atoms with van der Waals surface area (Å²) in [6.45, 7) is 1.75. The lowest BCUT2D eigenvalue weighted by Crippen LogP contribution is -2.39. The van der Waals surface area contributed by atoms with Crippen LogP contribution in [0.15, 0.2) is 29.2 Å². The van der Waals surface area contributed by atoms with E-state index in [1.807, 2.05) is 0 Å². The van der Waals surface area contributed by atoms with Crippen LogP contribution in [0.5, 0.6) is 5.75 Å². The molecule has 0 aromatic heterocycles. The molecule has 4 nitrogen and oxygen atoms in total. The van der Waals surface area contributed by atoms with Gasteiger partial charge in [-0.3, -0.25) is 0 Å². The molecule has 0 bridgehead atoms. The Morgan fingerprint density at radius 1 is 1.17 bits per heavy atom. The Bertz CT molecular complexity index is 625. The first-order valence-corrected chi connectivity index (χ1v) is 9.04. The van der Waals surface area contributed by atoms with Crippen molar-refractivity contribution in [3.63, 3.8) is 0 Å². The van der Waals surface area contributed by atoms with Crippen LogP contribution < -0.4 is 9.46 Å². The number of nitrogens with one attached hydrogen (secondary N) is 1. The molecule has 23 heavy (non-hydrogen) atoms. The maximum atomic E-state index is 12.4. The first kappa shape index (κ1) is 18.1. The van der Waals surface area contributed by atoms with Crippen LogP contribution in [0.4, 0.5) is 13.2 Å². The van der Waals surface area contributed by atoms with Gasteiger partial charge >= 0.3 is 6.36 Å². The Hall–Kier alpha value is -1.28. The van der Waals surface area contributed by atoms with Crippen LogP contribution in [-0.4, -0.2) is 20.8 Å². The van der Waals surface area contributed by atoms with Crippen LogP contribution in [0.3, 0.4) is 0 Å². The van der Waals surface area contributed by atoms with Gasteiger partial charge in [0.1, 0.15) is 10.6 Å². The zero-order chi connectivity index (χ0) is 17.1. The molecule has 1 aliphatic rings. The number of benzene rings is 1. The molecule has 0 radical (unpaired) electrons. The molecule has 1 aromatic rings. The van der Waals surface area contributed by atoms with E-state index < -0.39 is 27.0 Å². The number of alkyl halides is 3. The molecule has 2 rings (SSSR count). The van der Waals surface area contributed by atoms with E-state index in [9.17, 15) is 21.6 Å². The van der Waals surface area contributed by atoms with Crippen molar-refractivity contribution in [1.82, 2.24) is 4.72 Å². The normalized spacial score (nSPS) is 18.6. The van der Waals surface area contributed by atoms with E-state index in [1.165, 1.54) is 12.1 Å². The van der Waals surface area contributed by atoms with Gasteiger partial charge in [-0.25, -0.2) is 13.1 Å². The van der Waals surface area contributed by atoms with Crippen molar-refractivity contribution in [1.29, 1.82) is 0 Å². The Morgan fingerprint density at radius 2 is 1.78 bits per heavy atom. The minimum atomic E-state index is -4.94. The van der Waals surface area contributed by atoms with Gasteiger partial charge < -0.3 is 4.74 Å². The highest BCUT2D eigenvalue weighted by atomic mass is 32.2. The number of ether oxygens (including phenoxy) is 1. The van der Waals surface area contributed by atoms with E-state index in [4.69, 9.17) is 0 Å². The van der Waals surface area contributed by atoms with Gasteiger partial charge in [0, 0.05) is 6.04 Å². The Balaban J connectivity index is 2.19. The standard InChI is InChI=1S/C15H20F3NO3S/c1-11(12-7-3-2-4-8-12)19-23(20,21)14-10-6-5-9-13(14)22-15(16,17)18/h5-6,9-12,19H,2-4,7-8H2,1H3. The molecular weight excluding hydrogens is 331 g/mol. The summed E-state index contributed by atoms with van der Waals surface area (Å²) in [5, 5.41) is 0. The molecular formula is C15H20F3NO3S. The van der Waals surface area contributed by atoms with Crippen molar-refractivity contribution >= 4 is 10.0 Å². The first-order valence-electron chi connectivity index (χ1n) is 7.56. The quantitative estimate of drug-likeness (QED) is 0.877. The highest BCUT2D eigenvalue weighted by Crippen LogP contribution is 2.31. The fourth-order valence-electron chi connectivity index (χ4n) is 2.92. The molecule has 1 unspecified atom stereocenters. The highest BCUT2D eigenvalue weighted by molar-refractivity contribution is 7.89. The van der Waals surface area contributed by atoms with E-state index in [2.05, 4.69) is 9.46 Å². The van der Waals surface area contributed by atoms with E-state index in [1.54, 1.807) is 6.92 Å². The molecule has 0 aliphatic heterocycles. The third-order valence-electron chi connectivity index (χ3n) is 4.06. The predicted molar refractivity (Wildman–Crippen MR) is 79.5 cm³/mol. The summed E-state index contributed by atoms with van der Waals surface area (Å²) in [7, 11) is -4.09. The van der Waals surface area contributed by atoms with Gasteiger partial charge in [-0.05, 0) is 37.8 Å². The van der Waals surface area contributed by atoms with Gasteiger partial charge in [0.25, 0.3) is 0 Å². The predicted octanol–water partition coefficient (Wildman–Crippen LogP) is 3.83. The van der Waals surface area contributed by atoms with Crippen molar-refractivity contribution in [2.24, 2.45) is 5.92 Å². The highest BCUT2D eigenvalue weighted by Gasteiger charge is 2.34. The summed E-state index contributed by atoms with van der Waals surface area (Å²) >= 11 is 0. The summed E-state index contributed by atoms with van der Waals surface area (Å²) in [4.78, 5) is -0.500. The lowest BCUT2D eigenvalue weighted by atomic mass is 9.85. The molecule has 0 amide bonds. The Kier molecular flexibility index (Phi) is 5.57. The summed E-state index contributed by atoms with van der Waals surface area (Å²) in [5.74, 6) is -0.516. The van der Waals surface area contributed by atoms with Crippen molar-refractivity contribution in [2.75, 3.05) is 0 Å². The minimum absolute atomic E-state index is 0.203. The summed E-state index contributed by atoms with van der Waals surface area (Å²) in [5.41, 5.74) is 0. The van der Waals surface area contributed by atoms with Crippen LogP contribution in [0, 0.1) is 5.92 Å². The van der Waals surface area contributed by atoms with Crippen LogP contribution in [0.1, 0.15) is 39.0 Å². The molecule has 0 spiro atoms. The van der Waals surface area contributed by atoms with E-state index in [0.717, 1.165) is 44.2 Å². The smallest absolute Gasteiger partial charge is 0.404 e. The average molecular weight is 351 g/mol. The van der Waals surface area contributed by atoms with E-state index in [-0.39, 0.29) is 12.0 Å². The molecule has 1 N–H and O–H groups in total. The number of sulfonamides is 1. The van der Waals surface area contributed by atoms with Gasteiger partial charge in [0.15, 0.2) is 0 Å². The largest absolute Gasteiger partial charge is 0.573 e. The minimum Gasteiger partial charge on any atom is -0.404 e. The molecule has 130 valence electrons. The summed E-state index contributed by atoms with van der Waals surface area (Å²) < 4.78 is 68.5. The third-order valence-corrected chi connectivity index (χ3v) is 5.66. The molecule has 0 saturated heterocycles. The van der Waals surface area contributed by atoms with Crippen molar-refractivity contribution < 1.29 is 26.3 Å². The first-order chi connectivity index (χ1) is 10.7. The molecule has 8 heteroatoms. The van der Waals surface area contributed by atoms with Gasteiger partial charge in [-0.15, -0.1) is 13.2 Å². The maximum Gasteiger partial charge on any atom is 0.573 e. The van der Waals surface area contributed by atoms with Crippen LogP contribution in [0.25, 0.3) is 0 Å². The molecule has 1 saturated carbocycles. The average Bonchev–Trinajstić information content (AvgIpc) is 2.46. The monoisotopic (exact) mass is 351 g/mol. The molecule has 1 fully saturated rings. The van der Waals surface area contributed by atoms with Gasteiger partial charge in [-0.2, -0.15) is 0 Å². The van der Waals surface area contributed by atoms with Gasteiger partial charge in [0.05, 0.1) is 0 Å². The maximum absolute atomic E-state index is 12.4. The second kappa shape index (κ2) is 7.09.